The lowest BCUT2D eigenvalue weighted by molar-refractivity contribution is -0.0813. The lowest BCUT2D eigenvalue weighted by atomic mass is 10.0. The second kappa shape index (κ2) is 7.56. The molecule has 1 aromatic rings. The Morgan fingerprint density at radius 2 is 1.90 bits per heavy atom. The minimum atomic E-state index is -4.38. The van der Waals surface area contributed by atoms with Crippen LogP contribution < -0.4 is 4.72 Å². The molecule has 20 heavy (non-hydrogen) atoms. The Labute approximate surface area is 127 Å². The molecule has 2 atom stereocenters. The molecule has 0 unspecified atom stereocenters. The van der Waals surface area contributed by atoms with Crippen molar-refractivity contribution in [1.82, 2.24) is 4.72 Å². The first-order valence-corrected chi connectivity index (χ1v) is 7.75. The number of ether oxygens (including phenoxy) is 2. The molecular formula is C11H15Cl2NO5S. The summed E-state index contributed by atoms with van der Waals surface area (Å²) in [5.74, 6) is 0. The Balaban J connectivity index is 3.11. The van der Waals surface area contributed by atoms with E-state index in [1.54, 1.807) is 18.2 Å². The van der Waals surface area contributed by atoms with Crippen molar-refractivity contribution in [2.45, 2.75) is 19.1 Å². The van der Waals surface area contributed by atoms with E-state index in [9.17, 15) is 8.42 Å². The van der Waals surface area contributed by atoms with Gasteiger partial charge >= 0.3 is 10.3 Å². The predicted octanol–water partition coefficient (Wildman–Crippen LogP) is 2.44. The summed E-state index contributed by atoms with van der Waals surface area (Å²) in [5, 5.41) is 0.644. The first-order valence-electron chi connectivity index (χ1n) is 5.55. The smallest absolute Gasteiger partial charge is 0.333 e. The third-order valence-electron chi connectivity index (χ3n) is 2.44. The van der Waals surface area contributed by atoms with Gasteiger partial charge in [0.15, 0.2) is 0 Å². The molecule has 0 aromatic heterocycles. The standard InChI is InChI=1S/C11H15Cl2NO5S/c1-7(14-20(15,16)17)11(19-6-18-2)10-8(12)4-3-5-9(10)13/h3-5,7,11,14H,6H2,1-2H3,(H,15,16,17)/t7-,11+/m1/s1. The lowest BCUT2D eigenvalue weighted by Crippen LogP contribution is -2.38. The molecule has 0 aliphatic rings. The first kappa shape index (κ1) is 17.6. The van der Waals surface area contributed by atoms with Gasteiger partial charge in [-0.25, -0.2) is 0 Å². The quantitative estimate of drug-likeness (QED) is 0.586. The van der Waals surface area contributed by atoms with E-state index in [2.05, 4.69) is 0 Å². The van der Waals surface area contributed by atoms with Crippen molar-refractivity contribution in [2.24, 2.45) is 0 Å². The van der Waals surface area contributed by atoms with Gasteiger partial charge in [0.05, 0.1) is 6.04 Å². The van der Waals surface area contributed by atoms with Gasteiger partial charge in [-0.15, -0.1) is 0 Å². The van der Waals surface area contributed by atoms with Gasteiger partial charge < -0.3 is 9.47 Å². The van der Waals surface area contributed by atoms with Crippen LogP contribution in [0.3, 0.4) is 0 Å². The topological polar surface area (TPSA) is 84.9 Å². The van der Waals surface area contributed by atoms with Gasteiger partial charge in [-0.1, -0.05) is 29.3 Å². The normalized spacial score (nSPS) is 15.1. The molecule has 0 radical (unpaired) electrons. The fourth-order valence-corrected chi connectivity index (χ4v) is 2.90. The minimum absolute atomic E-state index is 0.0935. The zero-order valence-corrected chi connectivity index (χ0v) is 13.2. The third kappa shape index (κ3) is 5.17. The number of hydrogen-bond acceptors (Lipinski definition) is 4. The Morgan fingerprint density at radius 1 is 1.35 bits per heavy atom. The highest BCUT2D eigenvalue weighted by Crippen LogP contribution is 2.34. The van der Waals surface area contributed by atoms with Crippen LogP contribution in [0.5, 0.6) is 0 Å². The van der Waals surface area contributed by atoms with Crippen LogP contribution >= 0.6 is 23.2 Å². The van der Waals surface area contributed by atoms with Crippen molar-refractivity contribution >= 4 is 33.5 Å². The maximum Gasteiger partial charge on any atom is 0.333 e. The summed E-state index contributed by atoms with van der Waals surface area (Å²) in [7, 11) is -2.96. The van der Waals surface area contributed by atoms with Crippen LogP contribution in [0.15, 0.2) is 18.2 Å². The third-order valence-corrected chi connectivity index (χ3v) is 3.77. The summed E-state index contributed by atoms with van der Waals surface area (Å²) < 4.78 is 42.9. The SMILES string of the molecule is COCO[C@H](c1c(Cl)cccc1Cl)[C@@H](C)NS(=O)(=O)O. The van der Waals surface area contributed by atoms with Crippen molar-refractivity contribution < 1.29 is 22.4 Å². The van der Waals surface area contributed by atoms with Gasteiger partial charge in [0.2, 0.25) is 0 Å². The largest absolute Gasteiger partial charge is 0.359 e. The molecule has 0 saturated heterocycles. The van der Waals surface area contributed by atoms with Crippen LogP contribution in [-0.4, -0.2) is 32.9 Å². The maximum absolute atomic E-state index is 10.9. The van der Waals surface area contributed by atoms with E-state index in [0.717, 1.165) is 0 Å². The summed E-state index contributed by atoms with van der Waals surface area (Å²) >= 11 is 12.1. The number of nitrogens with one attached hydrogen (secondary N) is 1. The number of halogens is 2. The highest BCUT2D eigenvalue weighted by atomic mass is 35.5. The number of benzene rings is 1. The molecule has 6 nitrogen and oxygen atoms in total. The van der Waals surface area contributed by atoms with E-state index >= 15 is 0 Å². The Kier molecular flexibility index (Phi) is 6.67. The Bertz CT molecular complexity index is 531. The van der Waals surface area contributed by atoms with Gasteiger partial charge in [0, 0.05) is 22.7 Å². The second-order valence-corrected chi connectivity index (χ2v) is 6.01. The lowest BCUT2D eigenvalue weighted by Gasteiger charge is -2.25. The molecule has 0 saturated carbocycles. The molecule has 0 aliphatic carbocycles. The predicted molar refractivity (Wildman–Crippen MR) is 76.3 cm³/mol. The van der Waals surface area contributed by atoms with Crippen LogP contribution in [0, 0.1) is 0 Å². The molecular weight excluding hydrogens is 329 g/mol. The van der Waals surface area contributed by atoms with Crippen LogP contribution in [0.1, 0.15) is 18.6 Å². The molecule has 0 aliphatic heterocycles. The molecule has 1 rings (SSSR count). The fourth-order valence-electron chi connectivity index (χ4n) is 1.70. The molecule has 0 heterocycles. The highest BCUT2D eigenvalue weighted by Gasteiger charge is 2.27. The van der Waals surface area contributed by atoms with E-state index in [1.807, 2.05) is 4.72 Å². The number of rotatable bonds is 7. The van der Waals surface area contributed by atoms with Crippen molar-refractivity contribution in [2.75, 3.05) is 13.9 Å². The van der Waals surface area contributed by atoms with E-state index in [-0.39, 0.29) is 6.79 Å². The first-order chi connectivity index (χ1) is 9.26. The summed E-state index contributed by atoms with van der Waals surface area (Å²) in [4.78, 5) is 0. The van der Waals surface area contributed by atoms with E-state index < -0.39 is 22.4 Å². The van der Waals surface area contributed by atoms with Gasteiger partial charge in [-0.05, 0) is 19.1 Å². The Morgan fingerprint density at radius 3 is 2.35 bits per heavy atom. The monoisotopic (exact) mass is 343 g/mol. The van der Waals surface area contributed by atoms with Gasteiger partial charge in [-0.3, -0.25) is 4.55 Å². The van der Waals surface area contributed by atoms with Crippen LogP contribution in [0.2, 0.25) is 10.0 Å². The van der Waals surface area contributed by atoms with E-state index in [1.165, 1.54) is 14.0 Å². The van der Waals surface area contributed by atoms with Crippen molar-refractivity contribution in [1.29, 1.82) is 0 Å². The summed E-state index contributed by atoms with van der Waals surface area (Å²) in [6.07, 6.45) is -0.821. The molecule has 114 valence electrons. The van der Waals surface area contributed by atoms with Crippen LogP contribution in [0.4, 0.5) is 0 Å². The summed E-state index contributed by atoms with van der Waals surface area (Å²) in [5.41, 5.74) is 0.413. The average Bonchev–Trinajstić information content (AvgIpc) is 2.30. The minimum Gasteiger partial charge on any atom is -0.359 e. The molecule has 1 aromatic carbocycles. The molecule has 0 bridgehead atoms. The fraction of sp³-hybridized carbons (Fsp3) is 0.455. The van der Waals surface area contributed by atoms with Gasteiger partial charge in [0.1, 0.15) is 12.9 Å². The summed E-state index contributed by atoms with van der Waals surface area (Å²) in [6, 6.07) is 4.05. The Hall–Kier alpha value is -0.410. The number of methoxy groups -OCH3 is 1. The maximum atomic E-state index is 10.9. The summed E-state index contributed by atoms with van der Waals surface area (Å²) in [6.45, 7) is 1.41. The van der Waals surface area contributed by atoms with E-state index in [4.69, 9.17) is 37.2 Å². The van der Waals surface area contributed by atoms with Crippen molar-refractivity contribution in [3.63, 3.8) is 0 Å². The zero-order chi connectivity index (χ0) is 15.3. The van der Waals surface area contributed by atoms with Gasteiger partial charge in [-0.2, -0.15) is 13.1 Å². The highest BCUT2D eigenvalue weighted by molar-refractivity contribution is 7.83. The molecule has 9 heteroatoms. The average molecular weight is 344 g/mol. The van der Waals surface area contributed by atoms with Crippen LogP contribution in [0.25, 0.3) is 0 Å². The van der Waals surface area contributed by atoms with Crippen molar-refractivity contribution in [3.8, 4) is 0 Å². The number of hydrogen-bond donors (Lipinski definition) is 2. The molecule has 2 N–H and O–H groups in total. The second-order valence-electron chi connectivity index (χ2n) is 4.01. The molecule has 0 spiro atoms. The van der Waals surface area contributed by atoms with Crippen molar-refractivity contribution in [3.05, 3.63) is 33.8 Å². The molecule has 0 fully saturated rings. The molecule has 0 amide bonds. The van der Waals surface area contributed by atoms with Gasteiger partial charge in [0.25, 0.3) is 0 Å². The van der Waals surface area contributed by atoms with E-state index in [0.29, 0.717) is 15.6 Å². The zero-order valence-electron chi connectivity index (χ0n) is 10.8. The van der Waals surface area contributed by atoms with Crippen LogP contribution in [-0.2, 0) is 19.8 Å².